The Hall–Kier alpha value is -2.32. The third-order valence-corrected chi connectivity index (χ3v) is 5.18. The van der Waals surface area contributed by atoms with E-state index >= 15 is 0 Å². The zero-order valence-electron chi connectivity index (χ0n) is 13.7. The van der Waals surface area contributed by atoms with Gasteiger partial charge >= 0.3 is 0 Å². The normalized spacial score (nSPS) is 12.6. The van der Waals surface area contributed by atoms with Crippen LogP contribution in [0.2, 0.25) is 0 Å². The van der Waals surface area contributed by atoms with Crippen molar-refractivity contribution in [3.8, 4) is 0 Å². The molecule has 0 bridgehead atoms. The first-order chi connectivity index (χ1) is 11.7. The van der Waals surface area contributed by atoms with Gasteiger partial charge in [0, 0.05) is 17.7 Å². The number of rotatable bonds is 6. The van der Waals surface area contributed by atoms with Crippen molar-refractivity contribution >= 4 is 21.6 Å². The maximum absolute atomic E-state index is 13.6. The molecule has 8 heteroatoms. The maximum Gasteiger partial charge on any atom is 0.255 e. The van der Waals surface area contributed by atoms with Crippen molar-refractivity contribution in [1.82, 2.24) is 4.72 Å². The van der Waals surface area contributed by atoms with E-state index in [1.807, 2.05) is 6.92 Å². The molecule has 1 amide bonds. The summed E-state index contributed by atoms with van der Waals surface area (Å²) in [5, 5.41) is 2.31. The summed E-state index contributed by atoms with van der Waals surface area (Å²) in [5.74, 6) is -2.28. The number of hydrogen-bond donors (Lipinski definition) is 2. The highest BCUT2D eigenvalue weighted by atomic mass is 32.2. The third-order valence-electron chi connectivity index (χ3n) is 3.57. The first-order valence-electron chi connectivity index (χ1n) is 7.61. The molecule has 0 aromatic heterocycles. The average Bonchev–Trinajstić information content (AvgIpc) is 2.57. The van der Waals surface area contributed by atoms with Crippen molar-refractivity contribution in [1.29, 1.82) is 0 Å². The number of nitrogens with one attached hydrogen (secondary N) is 2. The molecule has 2 aromatic rings. The Morgan fingerprint density at radius 3 is 2.32 bits per heavy atom. The minimum atomic E-state index is -3.67. The Balaban J connectivity index is 2.15. The van der Waals surface area contributed by atoms with Gasteiger partial charge in [-0.05, 0) is 49.7 Å². The van der Waals surface area contributed by atoms with Crippen molar-refractivity contribution in [2.75, 3.05) is 5.32 Å². The summed E-state index contributed by atoms with van der Waals surface area (Å²) in [5.41, 5.74) is -0.0206. The highest BCUT2D eigenvalue weighted by Gasteiger charge is 2.17. The summed E-state index contributed by atoms with van der Waals surface area (Å²) >= 11 is 0. The molecule has 2 aromatic carbocycles. The van der Waals surface area contributed by atoms with Gasteiger partial charge in [0.25, 0.3) is 5.91 Å². The predicted octanol–water partition coefficient (Wildman–Crippen LogP) is 3.29. The molecule has 0 fully saturated rings. The van der Waals surface area contributed by atoms with E-state index in [1.165, 1.54) is 24.3 Å². The van der Waals surface area contributed by atoms with Crippen LogP contribution >= 0.6 is 0 Å². The largest absolute Gasteiger partial charge is 0.319 e. The van der Waals surface area contributed by atoms with Gasteiger partial charge in [-0.2, -0.15) is 0 Å². The van der Waals surface area contributed by atoms with Crippen LogP contribution in [-0.4, -0.2) is 20.4 Å². The summed E-state index contributed by atoms with van der Waals surface area (Å²) < 4.78 is 53.2. The molecule has 0 spiro atoms. The number of amides is 1. The van der Waals surface area contributed by atoms with Crippen LogP contribution in [0.25, 0.3) is 0 Å². The molecule has 134 valence electrons. The molecule has 0 aliphatic rings. The lowest BCUT2D eigenvalue weighted by molar-refractivity contribution is 0.102. The Kier molecular flexibility index (Phi) is 5.86. The number of carbonyl (C=O) groups is 1. The fraction of sp³-hybridized carbons (Fsp3) is 0.235. The van der Waals surface area contributed by atoms with Gasteiger partial charge in [0.1, 0.15) is 11.6 Å². The van der Waals surface area contributed by atoms with E-state index < -0.39 is 27.6 Å². The number of sulfonamides is 1. The molecular weight excluding hydrogens is 350 g/mol. The van der Waals surface area contributed by atoms with Crippen LogP contribution in [0.5, 0.6) is 0 Å². The van der Waals surface area contributed by atoms with Crippen molar-refractivity contribution < 1.29 is 22.0 Å². The van der Waals surface area contributed by atoms with E-state index in [4.69, 9.17) is 0 Å². The Morgan fingerprint density at radius 2 is 1.76 bits per heavy atom. The number of carbonyl (C=O) groups excluding carboxylic acids is 1. The zero-order valence-corrected chi connectivity index (χ0v) is 14.5. The first kappa shape index (κ1) is 19.0. The summed E-state index contributed by atoms with van der Waals surface area (Å²) in [6, 6.07) is 7.80. The van der Waals surface area contributed by atoms with Gasteiger partial charge < -0.3 is 5.32 Å². The van der Waals surface area contributed by atoms with Crippen LogP contribution < -0.4 is 10.0 Å². The highest BCUT2D eigenvalue weighted by Crippen LogP contribution is 2.17. The van der Waals surface area contributed by atoms with Crippen LogP contribution in [0.1, 0.15) is 30.6 Å². The molecule has 2 N–H and O–H groups in total. The third kappa shape index (κ3) is 4.83. The lowest BCUT2D eigenvalue weighted by atomic mass is 10.2. The van der Waals surface area contributed by atoms with Crippen molar-refractivity contribution in [2.45, 2.75) is 31.2 Å². The van der Waals surface area contributed by atoms with E-state index in [0.717, 1.165) is 12.1 Å². The number of benzene rings is 2. The Bertz CT molecular complexity index is 868. The van der Waals surface area contributed by atoms with Gasteiger partial charge in [0.15, 0.2) is 0 Å². The summed E-state index contributed by atoms with van der Waals surface area (Å²) in [6.45, 7) is 3.60. The van der Waals surface area contributed by atoms with E-state index in [9.17, 15) is 22.0 Å². The molecule has 25 heavy (non-hydrogen) atoms. The van der Waals surface area contributed by atoms with Crippen molar-refractivity contribution in [2.24, 2.45) is 0 Å². The molecule has 1 atom stereocenters. The second kappa shape index (κ2) is 7.71. The maximum atomic E-state index is 13.6. The van der Waals surface area contributed by atoms with E-state index in [0.29, 0.717) is 12.5 Å². The average molecular weight is 368 g/mol. The fourth-order valence-corrected chi connectivity index (χ4v) is 3.31. The summed E-state index contributed by atoms with van der Waals surface area (Å²) in [4.78, 5) is 12.1. The molecule has 0 heterocycles. The predicted molar refractivity (Wildman–Crippen MR) is 90.8 cm³/mol. The second-order valence-corrected chi connectivity index (χ2v) is 7.25. The van der Waals surface area contributed by atoms with E-state index in [-0.39, 0.29) is 22.2 Å². The van der Waals surface area contributed by atoms with Gasteiger partial charge in [-0.25, -0.2) is 21.9 Å². The highest BCUT2D eigenvalue weighted by molar-refractivity contribution is 7.89. The van der Waals surface area contributed by atoms with Crippen LogP contribution in [0.4, 0.5) is 14.5 Å². The van der Waals surface area contributed by atoms with Crippen molar-refractivity contribution in [3.05, 3.63) is 59.7 Å². The Labute approximate surface area is 145 Å². The quantitative estimate of drug-likeness (QED) is 0.822. The smallest absolute Gasteiger partial charge is 0.255 e. The van der Waals surface area contributed by atoms with Gasteiger partial charge in [0.2, 0.25) is 10.0 Å². The molecule has 0 aliphatic heterocycles. The summed E-state index contributed by atoms with van der Waals surface area (Å²) in [6.07, 6.45) is 0.642. The monoisotopic (exact) mass is 368 g/mol. The second-order valence-electron chi connectivity index (χ2n) is 5.53. The van der Waals surface area contributed by atoms with Gasteiger partial charge in [-0.15, -0.1) is 0 Å². The molecular formula is C17H18F2N2O3S. The van der Waals surface area contributed by atoms with Crippen LogP contribution in [0.15, 0.2) is 47.4 Å². The fourth-order valence-electron chi connectivity index (χ4n) is 1.99. The number of hydrogen-bond acceptors (Lipinski definition) is 3. The molecule has 2 rings (SSSR count). The molecule has 0 saturated carbocycles. The molecule has 0 radical (unpaired) electrons. The first-order valence-corrected chi connectivity index (χ1v) is 9.10. The zero-order chi connectivity index (χ0) is 18.6. The minimum Gasteiger partial charge on any atom is -0.319 e. The lowest BCUT2D eigenvalue weighted by Gasteiger charge is -2.12. The Morgan fingerprint density at radius 1 is 1.12 bits per heavy atom. The lowest BCUT2D eigenvalue weighted by Crippen LogP contribution is -2.32. The van der Waals surface area contributed by atoms with Crippen LogP contribution in [0.3, 0.4) is 0 Å². The molecule has 5 nitrogen and oxygen atoms in total. The minimum absolute atomic E-state index is 0.0253. The van der Waals surface area contributed by atoms with Crippen LogP contribution in [0, 0.1) is 11.6 Å². The molecule has 0 saturated heterocycles. The molecule has 0 aliphatic carbocycles. The molecule has 0 unspecified atom stereocenters. The van der Waals surface area contributed by atoms with Gasteiger partial charge in [-0.1, -0.05) is 6.92 Å². The number of halogens is 2. The van der Waals surface area contributed by atoms with Gasteiger partial charge in [0.05, 0.1) is 10.6 Å². The SMILES string of the molecule is CC[C@H](C)NS(=O)(=O)c1ccc(C(=O)Nc2ccc(F)cc2F)cc1. The van der Waals surface area contributed by atoms with E-state index in [1.54, 1.807) is 6.92 Å². The van der Waals surface area contributed by atoms with Gasteiger partial charge in [-0.3, -0.25) is 4.79 Å². The summed E-state index contributed by atoms with van der Waals surface area (Å²) in [7, 11) is -3.67. The topological polar surface area (TPSA) is 75.3 Å². The van der Waals surface area contributed by atoms with Crippen molar-refractivity contribution in [3.63, 3.8) is 0 Å². The van der Waals surface area contributed by atoms with E-state index in [2.05, 4.69) is 10.0 Å². The van der Waals surface area contributed by atoms with Crippen LogP contribution in [-0.2, 0) is 10.0 Å². The standard InChI is InChI=1S/C17H18F2N2O3S/c1-3-11(2)21-25(23,24)14-7-4-12(5-8-14)17(22)20-16-9-6-13(18)10-15(16)19/h4-11,21H,3H2,1-2H3,(H,20,22)/t11-/m0/s1. The number of anilines is 1.